The van der Waals surface area contributed by atoms with Crippen molar-refractivity contribution in [1.29, 1.82) is 0 Å². The summed E-state index contributed by atoms with van der Waals surface area (Å²) in [6.45, 7) is 16.2. The Morgan fingerprint density at radius 3 is 2.56 bits per heavy atom. The summed E-state index contributed by atoms with van der Waals surface area (Å²) < 4.78 is 12.2. The molecule has 27 heavy (non-hydrogen) atoms. The number of benzene rings is 2. The highest BCUT2D eigenvalue weighted by molar-refractivity contribution is 6.82. The van der Waals surface area contributed by atoms with Gasteiger partial charge < -0.3 is 9.47 Å². The van der Waals surface area contributed by atoms with Crippen molar-refractivity contribution in [1.82, 2.24) is 0 Å². The summed E-state index contributed by atoms with van der Waals surface area (Å²) in [5.74, 6) is 0. The fourth-order valence-electron chi connectivity index (χ4n) is 3.41. The molecule has 1 heterocycles. The third kappa shape index (κ3) is 4.26. The molecule has 2 nitrogen and oxygen atoms in total. The van der Waals surface area contributed by atoms with Gasteiger partial charge in [0.15, 0.2) is 0 Å². The van der Waals surface area contributed by atoms with E-state index in [1.807, 2.05) is 0 Å². The number of fused-ring (bicyclic) bond motifs is 1. The van der Waals surface area contributed by atoms with Gasteiger partial charge in [0.1, 0.15) is 6.10 Å². The van der Waals surface area contributed by atoms with E-state index in [1.165, 1.54) is 16.3 Å². The van der Waals surface area contributed by atoms with E-state index in [0.717, 1.165) is 0 Å². The normalized spacial score (nSPS) is 21.5. The molecule has 3 atom stereocenters. The van der Waals surface area contributed by atoms with E-state index in [0.29, 0.717) is 17.4 Å². The Hall–Kier alpha value is -1.68. The summed E-state index contributed by atoms with van der Waals surface area (Å²) in [5.41, 5.74) is 1.58. The quantitative estimate of drug-likeness (QED) is 0.312. The van der Waals surface area contributed by atoms with E-state index in [4.69, 9.17) is 9.47 Å². The highest BCUT2D eigenvalue weighted by atomic mass is 28.3. The summed E-state index contributed by atoms with van der Waals surface area (Å²) in [6.07, 6.45) is 6.30. The molecule has 0 aliphatic carbocycles. The lowest BCUT2D eigenvalue weighted by Gasteiger charge is -2.35. The first-order valence-electron chi connectivity index (χ1n) is 9.79. The Morgan fingerprint density at radius 2 is 1.85 bits per heavy atom. The van der Waals surface area contributed by atoms with Gasteiger partial charge in [0.2, 0.25) is 0 Å². The number of hydrogen-bond acceptors (Lipinski definition) is 2. The predicted octanol–water partition coefficient (Wildman–Crippen LogP) is 6.45. The van der Waals surface area contributed by atoms with Gasteiger partial charge in [-0.2, -0.15) is 0 Å². The second-order valence-corrected chi connectivity index (χ2v) is 14.5. The molecular formula is C24H32O2Si. The maximum Gasteiger partial charge on any atom is 0.102 e. The van der Waals surface area contributed by atoms with Gasteiger partial charge in [0, 0.05) is 0 Å². The van der Waals surface area contributed by atoms with Gasteiger partial charge in [-0.25, -0.2) is 0 Å². The molecule has 2 aromatic carbocycles. The van der Waals surface area contributed by atoms with Gasteiger partial charge in [-0.1, -0.05) is 94.6 Å². The van der Waals surface area contributed by atoms with Crippen LogP contribution in [-0.2, 0) is 9.47 Å². The van der Waals surface area contributed by atoms with E-state index in [9.17, 15) is 0 Å². The van der Waals surface area contributed by atoms with Crippen LogP contribution in [0.1, 0.15) is 32.4 Å². The SMILES string of the molecule is C=CCO[C@H](/C=C/C1OC1[Si](C)(C)C(C)(C)C)c1cccc2ccccc12. The molecule has 144 valence electrons. The Kier molecular flexibility index (Phi) is 5.75. The molecule has 0 aromatic heterocycles. The summed E-state index contributed by atoms with van der Waals surface area (Å²) in [7, 11) is -1.49. The molecule has 0 bridgehead atoms. The van der Waals surface area contributed by atoms with Crippen LogP contribution < -0.4 is 0 Å². The lowest BCUT2D eigenvalue weighted by molar-refractivity contribution is 0.111. The van der Waals surface area contributed by atoms with Crippen molar-refractivity contribution in [3.8, 4) is 0 Å². The van der Waals surface area contributed by atoms with Crippen molar-refractivity contribution in [3.05, 3.63) is 72.8 Å². The van der Waals surface area contributed by atoms with Gasteiger partial charge in [0.05, 0.1) is 26.5 Å². The maximum absolute atomic E-state index is 6.10. The number of ether oxygens (including phenoxy) is 2. The van der Waals surface area contributed by atoms with E-state index < -0.39 is 8.07 Å². The summed E-state index contributed by atoms with van der Waals surface area (Å²) in [5, 5.41) is 2.79. The number of rotatable bonds is 7. The first-order chi connectivity index (χ1) is 12.8. The second kappa shape index (κ2) is 7.74. The molecule has 3 rings (SSSR count). The molecule has 2 aromatic rings. The molecule has 3 heteroatoms. The van der Waals surface area contributed by atoms with Crippen LogP contribution in [-0.4, -0.2) is 26.5 Å². The molecule has 1 saturated heterocycles. The third-order valence-corrected chi connectivity index (χ3v) is 11.9. The summed E-state index contributed by atoms with van der Waals surface area (Å²) in [4.78, 5) is 0. The van der Waals surface area contributed by atoms with E-state index >= 15 is 0 Å². The molecule has 1 aliphatic rings. The average molecular weight is 381 g/mol. The average Bonchev–Trinajstić information content (AvgIpc) is 3.41. The van der Waals surface area contributed by atoms with Crippen LogP contribution in [0.5, 0.6) is 0 Å². The minimum absolute atomic E-state index is 0.0987. The zero-order chi connectivity index (χ0) is 19.7. The lowest BCUT2D eigenvalue weighted by atomic mass is 10.00. The van der Waals surface area contributed by atoms with E-state index in [1.54, 1.807) is 6.08 Å². The molecule has 0 N–H and O–H groups in total. The van der Waals surface area contributed by atoms with Crippen LogP contribution in [0.4, 0.5) is 0 Å². The van der Waals surface area contributed by atoms with Crippen LogP contribution in [0.15, 0.2) is 67.3 Å². The monoisotopic (exact) mass is 380 g/mol. The smallest absolute Gasteiger partial charge is 0.102 e. The van der Waals surface area contributed by atoms with Crippen molar-refractivity contribution >= 4 is 18.8 Å². The zero-order valence-electron chi connectivity index (χ0n) is 17.2. The minimum atomic E-state index is -1.49. The van der Waals surface area contributed by atoms with Crippen LogP contribution in [0.25, 0.3) is 10.8 Å². The molecule has 2 unspecified atom stereocenters. The van der Waals surface area contributed by atoms with Crippen molar-refractivity contribution in [3.63, 3.8) is 0 Å². The predicted molar refractivity (Wildman–Crippen MR) is 118 cm³/mol. The fraction of sp³-hybridized carbons (Fsp3) is 0.417. The molecule has 0 radical (unpaired) electrons. The van der Waals surface area contributed by atoms with Gasteiger partial charge in [-0.3, -0.25) is 0 Å². The molecule has 1 fully saturated rings. The van der Waals surface area contributed by atoms with Gasteiger partial charge in [-0.15, -0.1) is 6.58 Å². The van der Waals surface area contributed by atoms with Crippen molar-refractivity contribution in [2.75, 3.05) is 6.61 Å². The molecule has 0 spiro atoms. The third-order valence-electron chi connectivity index (χ3n) is 6.17. The van der Waals surface area contributed by atoms with Gasteiger partial charge in [-0.05, 0) is 21.4 Å². The van der Waals surface area contributed by atoms with Crippen molar-refractivity contribution in [2.45, 2.75) is 56.8 Å². The first-order valence-corrected chi connectivity index (χ1v) is 12.9. The Labute approximate surface area is 164 Å². The number of hydrogen-bond donors (Lipinski definition) is 0. The van der Waals surface area contributed by atoms with Crippen LogP contribution in [0, 0.1) is 0 Å². The highest BCUT2D eigenvalue weighted by Crippen LogP contribution is 2.46. The maximum atomic E-state index is 6.10. The van der Waals surface area contributed by atoms with E-state index in [2.05, 4.69) is 95.1 Å². The summed E-state index contributed by atoms with van der Waals surface area (Å²) in [6, 6.07) is 14.9. The zero-order valence-corrected chi connectivity index (χ0v) is 18.2. The topological polar surface area (TPSA) is 21.8 Å². The van der Waals surface area contributed by atoms with Crippen molar-refractivity contribution in [2.24, 2.45) is 0 Å². The molecule has 0 amide bonds. The summed E-state index contributed by atoms with van der Waals surface area (Å²) >= 11 is 0. The van der Waals surface area contributed by atoms with Gasteiger partial charge in [0.25, 0.3) is 0 Å². The van der Waals surface area contributed by atoms with E-state index in [-0.39, 0.29) is 12.2 Å². The van der Waals surface area contributed by atoms with Crippen molar-refractivity contribution < 1.29 is 9.47 Å². The van der Waals surface area contributed by atoms with Gasteiger partial charge >= 0.3 is 0 Å². The Balaban J connectivity index is 1.83. The minimum Gasteiger partial charge on any atom is -0.369 e. The Bertz CT molecular complexity index is 826. The standard InChI is InChI=1S/C24H32O2Si/c1-7-17-25-21(20-14-10-12-18-11-8-9-13-19(18)20)15-16-22-23(26-22)27(5,6)24(2,3)4/h7-16,21-23H,1,17H2,2-6H3/b16-15+/t21-,22?,23?/m1/s1. The Morgan fingerprint density at radius 1 is 1.15 bits per heavy atom. The van der Waals surface area contributed by atoms with Crippen LogP contribution in [0.3, 0.4) is 0 Å². The second-order valence-electron chi connectivity index (χ2n) is 8.99. The first kappa shape index (κ1) is 20.1. The molecular weight excluding hydrogens is 348 g/mol. The lowest BCUT2D eigenvalue weighted by Crippen LogP contribution is -2.44. The highest BCUT2D eigenvalue weighted by Gasteiger charge is 2.54. The van der Waals surface area contributed by atoms with Crippen LogP contribution >= 0.6 is 0 Å². The molecule has 1 aliphatic heterocycles. The number of epoxide rings is 1. The molecule has 0 saturated carbocycles. The largest absolute Gasteiger partial charge is 0.369 e. The fourth-order valence-corrected chi connectivity index (χ4v) is 5.69. The van der Waals surface area contributed by atoms with Crippen LogP contribution in [0.2, 0.25) is 18.1 Å².